The van der Waals surface area contributed by atoms with Crippen molar-refractivity contribution < 1.29 is 4.74 Å². The minimum absolute atomic E-state index is 0.522. The number of pyridine rings is 1. The quantitative estimate of drug-likeness (QED) is 0.790. The average molecular weight is 271 g/mol. The van der Waals surface area contributed by atoms with Crippen molar-refractivity contribution in [2.45, 2.75) is 13.3 Å². The lowest BCUT2D eigenvalue weighted by atomic mass is 10.1. The molecule has 3 rings (SSSR count). The van der Waals surface area contributed by atoms with Crippen molar-refractivity contribution >= 4 is 26.8 Å². The predicted octanol–water partition coefficient (Wildman–Crippen LogP) is 3.63. The maximum absolute atomic E-state index is 5.84. The zero-order valence-corrected chi connectivity index (χ0v) is 11.3. The van der Waals surface area contributed by atoms with Crippen LogP contribution in [-0.2, 0) is 6.42 Å². The number of nitrogens with zero attached hydrogens (tertiary/aromatic N) is 2. The molecule has 0 aliphatic rings. The lowest BCUT2D eigenvalue weighted by Gasteiger charge is -2.08. The Hall–Kier alpha value is -2.14. The first-order chi connectivity index (χ1) is 9.26. The molecule has 0 amide bonds. The van der Waals surface area contributed by atoms with Gasteiger partial charge in [0.2, 0.25) is 5.88 Å². The van der Waals surface area contributed by atoms with Gasteiger partial charge in [0.05, 0.1) is 0 Å². The van der Waals surface area contributed by atoms with Gasteiger partial charge in [0.25, 0.3) is 0 Å². The molecule has 96 valence electrons. The van der Waals surface area contributed by atoms with Gasteiger partial charge in [-0.05, 0) is 24.1 Å². The zero-order chi connectivity index (χ0) is 13.2. The van der Waals surface area contributed by atoms with Gasteiger partial charge in [0, 0.05) is 6.07 Å². The summed E-state index contributed by atoms with van der Waals surface area (Å²) in [6, 6.07) is 11.7. The third kappa shape index (κ3) is 2.37. The Morgan fingerprint density at radius 3 is 2.84 bits per heavy atom. The molecule has 19 heavy (non-hydrogen) atoms. The van der Waals surface area contributed by atoms with E-state index in [-0.39, 0.29) is 0 Å². The maximum atomic E-state index is 5.84. The first-order valence-electron chi connectivity index (χ1n) is 6.05. The van der Waals surface area contributed by atoms with E-state index in [1.165, 1.54) is 11.3 Å². The highest BCUT2D eigenvalue weighted by atomic mass is 32.1. The molecule has 0 aliphatic carbocycles. The number of hydrogen-bond donors (Lipinski definition) is 1. The number of anilines is 1. The zero-order valence-electron chi connectivity index (χ0n) is 10.5. The second-order valence-electron chi connectivity index (χ2n) is 4.09. The van der Waals surface area contributed by atoms with Gasteiger partial charge in [-0.15, -0.1) is 0 Å². The summed E-state index contributed by atoms with van der Waals surface area (Å²) in [6.07, 6.45) is 0.923. The Balaban J connectivity index is 1.96. The van der Waals surface area contributed by atoms with Crippen LogP contribution in [0.25, 0.3) is 10.3 Å². The van der Waals surface area contributed by atoms with Crippen LogP contribution >= 0.6 is 11.3 Å². The fourth-order valence-electron chi connectivity index (χ4n) is 1.88. The lowest BCUT2D eigenvalue weighted by molar-refractivity contribution is 0.460. The number of rotatable bonds is 3. The molecule has 2 N–H and O–H groups in total. The summed E-state index contributed by atoms with van der Waals surface area (Å²) in [6.45, 7) is 2.10. The monoisotopic (exact) mass is 271 g/mol. The van der Waals surface area contributed by atoms with E-state index in [2.05, 4.69) is 23.0 Å². The van der Waals surface area contributed by atoms with E-state index >= 15 is 0 Å². The number of benzene rings is 1. The normalized spacial score (nSPS) is 10.8. The fraction of sp³-hybridized carbons (Fsp3) is 0.143. The predicted molar refractivity (Wildman–Crippen MR) is 77.7 cm³/mol. The highest BCUT2D eigenvalue weighted by Crippen LogP contribution is 2.28. The number of nitrogen functional groups attached to an aromatic ring is 1. The molecule has 3 aromatic rings. The molecule has 0 saturated carbocycles. The number of aryl methyl sites for hydroxylation is 1. The van der Waals surface area contributed by atoms with E-state index in [1.807, 2.05) is 30.3 Å². The number of fused-ring (bicyclic) bond motifs is 1. The van der Waals surface area contributed by atoms with Gasteiger partial charge in [-0.2, -0.15) is 0 Å². The summed E-state index contributed by atoms with van der Waals surface area (Å²) in [5.74, 6) is 1.41. The third-order valence-corrected chi connectivity index (χ3v) is 3.61. The summed E-state index contributed by atoms with van der Waals surface area (Å²) in [7, 11) is 0. The fourth-order valence-corrected chi connectivity index (χ4v) is 2.58. The topological polar surface area (TPSA) is 61.0 Å². The van der Waals surface area contributed by atoms with Crippen molar-refractivity contribution in [3.63, 3.8) is 0 Å². The van der Waals surface area contributed by atoms with Crippen molar-refractivity contribution in [1.82, 2.24) is 9.97 Å². The van der Waals surface area contributed by atoms with Gasteiger partial charge in [-0.1, -0.05) is 36.5 Å². The van der Waals surface area contributed by atoms with E-state index < -0.39 is 0 Å². The van der Waals surface area contributed by atoms with Gasteiger partial charge < -0.3 is 10.5 Å². The Bertz CT molecular complexity index is 724. The van der Waals surface area contributed by atoms with Crippen molar-refractivity contribution in [1.29, 1.82) is 0 Å². The van der Waals surface area contributed by atoms with Crippen LogP contribution in [0.2, 0.25) is 0 Å². The molecule has 0 atom stereocenters. The third-order valence-electron chi connectivity index (χ3n) is 2.81. The molecule has 2 heterocycles. The first kappa shape index (κ1) is 11.9. The SMILES string of the molecule is CCc1ccccc1Oc1ccc2nc(N)sc2n1. The number of nitrogens with two attached hydrogens (primary N) is 1. The Labute approximate surface area is 114 Å². The highest BCUT2D eigenvalue weighted by Gasteiger charge is 2.07. The van der Waals surface area contributed by atoms with Gasteiger partial charge in [-0.25, -0.2) is 9.97 Å². The van der Waals surface area contributed by atoms with Gasteiger partial charge in [-0.3, -0.25) is 0 Å². The van der Waals surface area contributed by atoms with Crippen molar-refractivity contribution in [2.75, 3.05) is 5.73 Å². The first-order valence-corrected chi connectivity index (χ1v) is 6.86. The number of thiazole rings is 1. The maximum Gasteiger partial charge on any atom is 0.220 e. The minimum Gasteiger partial charge on any atom is -0.439 e. The highest BCUT2D eigenvalue weighted by molar-refractivity contribution is 7.21. The summed E-state index contributed by atoms with van der Waals surface area (Å²) < 4.78 is 5.84. The minimum atomic E-state index is 0.522. The van der Waals surface area contributed by atoms with Crippen LogP contribution in [-0.4, -0.2) is 9.97 Å². The largest absolute Gasteiger partial charge is 0.439 e. The summed E-state index contributed by atoms with van der Waals surface area (Å²) >= 11 is 1.36. The van der Waals surface area contributed by atoms with E-state index in [0.717, 1.165) is 28.1 Å². The van der Waals surface area contributed by atoms with Crippen molar-refractivity contribution in [3.05, 3.63) is 42.0 Å². The standard InChI is InChI=1S/C14H13N3OS/c1-2-9-5-3-4-6-11(9)18-12-8-7-10-13(17-12)19-14(15)16-10/h3-8H,2H2,1H3,(H2,15,16). The lowest BCUT2D eigenvalue weighted by Crippen LogP contribution is -1.91. The molecular formula is C14H13N3OS. The molecule has 0 spiro atoms. The smallest absolute Gasteiger partial charge is 0.220 e. The van der Waals surface area contributed by atoms with Crippen LogP contribution in [0.4, 0.5) is 5.13 Å². The van der Waals surface area contributed by atoms with Crippen LogP contribution < -0.4 is 10.5 Å². The van der Waals surface area contributed by atoms with Crippen LogP contribution in [0.5, 0.6) is 11.6 Å². The van der Waals surface area contributed by atoms with Crippen LogP contribution in [0, 0.1) is 0 Å². The molecule has 1 aromatic carbocycles. The number of hydrogen-bond acceptors (Lipinski definition) is 5. The van der Waals surface area contributed by atoms with Gasteiger partial charge in [0.1, 0.15) is 16.1 Å². The summed E-state index contributed by atoms with van der Waals surface area (Å²) in [4.78, 5) is 9.39. The molecule has 0 unspecified atom stereocenters. The van der Waals surface area contributed by atoms with E-state index in [0.29, 0.717) is 11.0 Å². The van der Waals surface area contributed by atoms with E-state index in [4.69, 9.17) is 10.5 Å². The molecule has 2 aromatic heterocycles. The van der Waals surface area contributed by atoms with Crippen molar-refractivity contribution in [2.24, 2.45) is 0 Å². The van der Waals surface area contributed by atoms with Crippen LogP contribution in [0.1, 0.15) is 12.5 Å². The Kier molecular flexibility index (Phi) is 3.05. The molecular weight excluding hydrogens is 258 g/mol. The molecule has 0 radical (unpaired) electrons. The molecule has 0 bridgehead atoms. The molecule has 0 fully saturated rings. The van der Waals surface area contributed by atoms with E-state index in [9.17, 15) is 0 Å². The summed E-state index contributed by atoms with van der Waals surface area (Å²) in [5.41, 5.74) is 7.63. The van der Waals surface area contributed by atoms with E-state index in [1.54, 1.807) is 0 Å². The number of para-hydroxylation sites is 1. The number of ether oxygens (including phenoxy) is 1. The van der Waals surface area contributed by atoms with Gasteiger partial charge >= 0.3 is 0 Å². The molecule has 0 saturated heterocycles. The average Bonchev–Trinajstić information content (AvgIpc) is 2.79. The van der Waals surface area contributed by atoms with Crippen LogP contribution in [0.15, 0.2) is 36.4 Å². The second-order valence-corrected chi connectivity index (χ2v) is 5.10. The molecule has 5 heteroatoms. The van der Waals surface area contributed by atoms with Gasteiger partial charge in [0.15, 0.2) is 5.13 Å². The Morgan fingerprint density at radius 1 is 1.16 bits per heavy atom. The molecule has 0 aliphatic heterocycles. The van der Waals surface area contributed by atoms with Crippen molar-refractivity contribution in [3.8, 4) is 11.6 Å². The second kappa shape index (κ2) is 4.85. The molecule has 4 nitrogen and oxygen atoms in total. The summed E-state index contributed by atoms with van der Waals surface area (Å²) in [5, 5.41) is 0.522. The van der Waals surface area contributed by atoms with Crippen LogP contribution in [0.3, 0.4) is 0 Å². The number of aromatic nitrogens is 2. The Morgan fingerprint density at radius 2 is 2.00 bits per heavy atom.